The number of halogens is 1. The first-order valence-electron chi connectivity index (χ1n) is 9.38. The van der Waals surface area contributed by atoms with Crippen LogP contribution in [0.25, 0.3) is 0 Å². The zero-order valence-corrected chi connectivity index (χ0v) is 17.7. The number of urea groups is 1. The van der Waals surface area contributed by atoms with Crippen LogP contribution in [0.2, 0.25) is 0 Å². The van der Waals surface area contributed by atoms with E-state index < -0.39 is 11.6 Å². The average Bonchev–Trinajstić information content (AvgIpc) is 3.07. The normalized spacial score (nSPS) is 19.6. The van der Waals surface area contributed by atoms with Crippen LogP contribution in [0.4, 0.5) is 4.79 Å². The molecule has 0 unspecified atom stereocenters. The molecule has 0 bridgehead atoms. The lowest BCUT2D eigenvalue weighted by Gasteiger charge is -2.35. The van der Waals surface area contributed by atoms with E-state index in [1.165, 1.54) is 5.56 Å². The summed E-state index contributed by atoms with van der Waals surface area (Å²) in [4.78, 5) is 41.7. The van der Waals surface area contributed by atoms with Crippen molar-refractivity contribution in [2.75, 3.05) is 32.7 Å². The Morgan fingerprint density at radius 2 is 1.86 bits per heavy atom. The highest BCUT2D eigenvalue weighted by Gasteiger charge is 2.45. The number of nitrogens with one attached hydrogen (secondary N) is 1. The number of amides is 4. The lowest BCUT2D eigenvalue weighted by molar-refractivity contribution is -0.139. The molecule has 0 aliphatic carbocycles. The fourth-order valence-electron chi connectivity index (χ4n) is 3.47. The first-order chi connectivity index (χ1) is 12.7. The topological polar surface area (TPSA) is 90.8 Å². The van der Waals surface area contributed by atoms with Gasteiger partial charge < -0.3 is 10.2 Å². The number of imide groups is 1. The van der Waals surface area contributed by atoms with Gasteiger partial charge in [0.25, 0.3) is 5.91 Å². The first-order valence-corrected chi connectivity index (χ1v) is 9.38. The van der Waals surface area contributed by atoms with Gasteiger partial charge in [0, 0.05) is 51.0 Å². The summed E-state index contributed by atoms with van der Waals surface area (Å²) in [6.45, 7) is 11.5. The molecule has 2 aliphatic rings. The number of nitrogens with zero attached hydrogens (tertiary/aromatic N) is 5. The van der Waals surface area contributed by atoms with Gasteiger partial charge >= 0.3 is 6.03 Å². The van der Waals surface area contributed by atoms with Crippen molar-refractivity contribution in [2.45, 2.75) is 46.3 Å². The molecular weight excluding hydrogens is 384 g/mol. The van der Waals surface area contributed by atoms with E-state index in [4.69, 9.17) is 0 Å². The molecule has 2 saturated heterocycles. The number of aryl methyl sites for hydroxylation is 2. The summed E-state index contributed by atoms with van der Waals surface area (Å²) < 4.78 is 1.93. The quantitative estimate of drug-likeness (QED) is 0.715. The number of hydrogen-bond acceptors (Lipinski definition) is 5. The minimum Gasteiger partial charge on any atom is -0.339 e. The summed E-state index contributed by atoms with van der Waals surface area (Å²) in [7, 11) is 0. The van der Waals surface area contributed by atoms with Crippen molar-refractivity contribution in [1.29, 1.82) is 0 Å². The van der Waals surface area contributed by atoms with Crippen molar-refractivity contribution in [1.82, 2.24) is 29.8 Å². The summed E-state index contributed by atoms with van der Waals surface area (Å²) in [5, 5.41) is 7.07. The monoisotopic (exact) mass is 412 g/mol. The van der Waals surface area contributed by atoms with Gasteiger partial charge in [-0.3, -0.25) is 24.1 Å². The third-order valence-electron chi connectivity index (χ3n) is 5.23. The van der Waals surface area contributed by atoms with Crippen molar-refractivity contribution >= 4 is 30.3 Å². The maximum atomic E-state index is 12.5. The van der Waals surface area contributed by atoms with E-state index in [2.05, 4.69) is 28.4 Å². The molecular formula is C18H29ClN6O3. The molecule has 0 aromatic carbocycles. The Bertz CT molecular complexity index is 755. The van der Waals surface area contributed by atoms with Gasteiger partial charge in [-0.15, -0.1) is 12.4 Å². The number of hydrogen-bond donors (Lipinski definition) is 1. The summed E-state index contributed by atoms with van der Waals surface area (Å²) >= 11 is 0. The van der Waals surface area contributed by atoms with Gasteiger partial charge in [-0.1, -0.05) is 0 Å². The smallest absolute Gasteiger partial charge is 0.325 e. The number of aromatic nitrogens is 2. The van der Waals surface area contributed by atoms with Crippen molar-refractivity contribution < 1.29 is 14.4 Å². The van der Waals surface area contributed by atoms with E-state index in [1.54, 1.807) is 18.7 Å². The number of rotatable bonds is 5. The predicted molar refractivity (Wildman–Crippen MR) is 106 cm³/mol. The van der Waals surface area contributed by atoms with Crippen LogP contribution in [0.5, 0.6) is 0 Å². The Morgan fingerprint density at radius 1 is 1.21 bits per heavy atom. The Kier molecular flexibility index (Phi) is 6.71. The summed E-state index contributed by atoms with van der Waals surface area (Å²) in [5.74, 6) is -0.547. The van der Waals surface area contributed by atoms with Gasteiger partial charge in [0.1, 0.15) is 12.1 Å². The van der Waals surface area contributed by atoms with Crippen LogP contribution in [0.1, 0.15) is 32.0 Å². The van der Waals surface area contributed by atoms with Gasteiger partial charge in [0.15, 0.2) is 0 Å². The minimum absolute atomic E-state index is 0. The fourth-order valence-corrected chi connectivity index (χ4v) is 3.47. The van der Waals surface area contributed by atoms with Crippen molar-refractivity contribution in [3.05, 3.63) is 17.5 Å². The van der Waals surface area contributed by atoms with Crippen LogP contribution in [0.15, 0.2) is 6.20 Å². The first kappa shape index (κ1) is 22.2. The second-order valence-electron chi connectivity index (χ2n) is 7.70. The van der Waals surface area contributed by atoms with Crippen LogP contribution >= 0.6 is 12.4 Å². The molecule has 28 heavy (non-hydrogen) atoms. The molecule has 156 valence electrons. The van der Waals surface area contributed by atoms with Gasteiger partial charge in [-0.25, -0.2) is 4.79 Å². The Morgan fingerprint density at radius 3 is 2.36 bits per heavy atom. The lowest BCUT2D eigenvalue weighted by Crippen LogP contribution is -2.51. The fraction of sp³-hybridized carbons (Fsp3) is 0.667. The largest absolute Gasteiger partial charge is 0.339 e. The molecule has 0 spiro atoms. The maximum absolute atomic E-state index is 12.5. The third kappa shape index (κ3) is 4.47. The summed E-state index contributed by atoms with van der Waals surface area (Å²) in [6, 6.07) is -0.500. The van der Waals surface area contributed by atoms with E-state index in [-0.39, 0.29) is 30.8 Å². The molecule has 0 atom stereocenters. The van der Waals surface area contributed by atoms with Crippen molar-refractivity contribution in [3.63, 3.8) is 0 Å². The highest BCUT2D eigenvalue weighted by molar-refractivity contribution is 6.08. The molecule has 0 radical (unpaired) electrons. The number of carbonyl (C=O) groups is 3. The average molecular weight is 413 g/mol. The molecule has 1 N–H and O–H groups in total. The van der Waals surface area contributed by atoms with Gasteiger partial charge in [-0.05, 0) is 27.7 Å². The minimum atomic E-state index is -0.948. The molecule has 3 heterocycles. The van der Waals surface area contributed by atoms with Crippen LogP contribution < -0.4 is 5.32 Å². The maximum Gasteiger partial charge on any atom is 0.325 e. The second kappa shape index (κ2) is 8.48. The van der Waals surface area contributed by atoms with E-state index in [0.717, 1.165) is 36.8 Å². The zero-order chi connectivity index (χ0) is 19.8. The second-order valence-corrected chi connectivity index (χ2v) is 7.70. The molecule has 0 saturated carbocycles. The highest BCUT2D eigenvalue weighted by Crippen LogP contribution is 2.17. The Labute approximate surface area is 171 Å². The molecule has 2 aliphatic heterocycles. The SMILES string of the molecule is CCn1cc(CN2CCN(C(=O)CN3C(=O)NC(C)(C)C3=O)CC2)c(C)n1.Cl. The van der Waals surface area contributed by atoms with Crippen LogP contribution in [0.3, 0.4) is 0 Å². The zero-order valence-electron chi connectivity index (χ0n) is 16.9. The van der Waals surface area contributed by atoms with E-state index in [9.17, 15) is 14.4 Å². The Balaban J connectivity index is 0.00000280. The highest BCUT2D eigenvalue weighted by atomic mass is 35.5. The standard InChI is InChI=1S/C18H28N6O3.ClH/c1-5-23-11-14(13(2)20-23)10-21-6-8-22(9-7-21)15(25)12-24-16(26)18(3,4)19-17(24)27;/h11H,5-10,12H2,1-4H3,(H,19,27);1H. The third-order valence-corrected chi connectivity index (χ3v) is 5.23. The predicted octanol–water partition coefficient (Wildman–Crippen LogP) is 0.608. The van der Waals surface area contributed by atoms with Crippen molar-refractivity contribution in [2.24, 2.45) is 0 Å². The van der Waals surface area contributed by atoms with Crippen LogP contribution in [-0.2, 0) is 22.7 Å². The van der Waals surface area contributed by atoms with E-state index >= 15 is 0 Å². The Hall–Kier alpha value is -2.13. The van der Waals surface area contributed by atoms with E-state index in [1.807, 2.05) is 11.6 Å². The molecule has 9 nitrogen and oxygen atoms in total. The van der Waals surface area contributed by atoms with Crippen molar-refractivity contribution in [3.8, 4) is 0 Å². The van der Waals surface area contributed by atoms with Gasteiger partial charge in [0.2, 0.25) is 5.91 Å². The van der Waals surface area contributed by atoms with Gasteiger partial charge in [0.05, 0.1) is 5.69 Å². The summed E-state index contributed by atoms with van der Waals surface area (Å²) in [5.41, 5.74) is 1.30. The number of carbonyl (C=O) groups excluding carboxylic acids is 3. The van der Waals surface area contributed by atoms with Gasteiger partial charge in [-0.2, -0.15) is 5.10 Å². The summed E-state index contributed by atoms with van der Waals surface area (Å²) in [6.07, 6.45) is 2.08. The van der Waals surface area contributed by atoms with Crippen LogP contribution in [-0.4, -0.2) is 80.6 Å². The molecule has 3 rings (SSSR count). The van der Waals surface area contributed by atoms with Crippen LogP contribution in [0, 0.1) is 6.92 Å². The molecule has 4 amide bonds. The molecule has 1 aromatic rings. The molecule has 1 aromatic heterocycles. The lowest BCUT2D eigenvalue weighted by atomic mass is 10.1. The molecule has 2 fully saturated rings. The number of piperazine rings is 1. The van der Waals surface area contributed by atoms with E-state index in [0.29, 0.717) is 13.1 Å². The molecule has 10 heteroatoms.